The lowest BCUT2D eigenvalue weighted by Gasteiger charge is -2.12. The fraction of sp³-hybridized carbons (Fsp3) is 0.174. The number of aliphatic imine (C=N–C) groups is 1. The number of aromatic nitrogens is 2. The van der Waals surface area contributed by atoms with Crippen LogP contribution in [-0.4, -0.2) is 41.8 Å². The summed E-state index contributed by atoms with van der Waals surface area (Å²) in [5.74, 6) is 2.93. The van der Waals surface area contributed by atoms with E-state index in [1.165, 1.54) is 5.56 Å². The van der Waals surface area contributed by atoms with Gasteiger partial charge in [0, 0.05) is 37.2 Å². The standard InChI is InChI=1S/C23H24N6O/c1-3-18-6-4-7-20(16-18)28-22(30)17-26-23(24-2)25-14-12-19-8-10-21(11-9-19)29-15-5-13-27-29/h1,4-11,13,15-16H,12,14,17H2,2H3,(H,28,30)(H2,24,25,26). The molecule has 152 valence electrons. The summed E-state index contributed by atoms with van der Waals surface area (Å²) in [6.45, 7) is 0.783. The van der Waals surface area contributed by atoms with Crippen LogP contribution < -0.4 is 16.0 Å². The summed E-state index contributed by atoms with van der Waals surface area (Å²) in [5.41, 5.74) is 3.60. The van der Waals surface area contributed by atoms with E-state index in [0.717, 1.165) is 17.7 Å². The maximum atomic E-state index is 12.1. The van der Waals surface area contributed by atoms with Crippen LogP contribution in [0.1, 0.15) is 11.1 Å². The second-order valence-electron chi connectivity index (χ2n) is 6.49. The highest BCUT2D eigenvalue weighted by Crippen LogP contribution is 2.10. The number of nitrogens with zero attached hydrogens (tertiary/aromatic N) is 3. The first-order chi connectivity index (χ1) is 14.7. The van der Waals surface area contributed by atoms with Gasteiger partial charge in [0.2, 0.25) is 5.91 Å². The van der Waals surface area contributed by atoms with Gasteiger partial charge in [0.15, 0.2) is 5.96 Å². The van der Waals surface area contributed by atoms with Crippen molar-refractivity contribution >= 4 is 17.6 Å². The molecule has 0 bridgehead atoms. The Morgan fingerprint density at radius 2 is 2.00 bits per heavy atom. The number of hydrogen-bond donors (Lipinski definition) is 3. The quantitative estimate of drug-likeness (QED) is 0.323. The predicted molar refractivity (Wildman–Crippen MR) is 120 cm³/mol. The van der Waals surface area contributed by atoms with E-state index in [1.807, 2.05) is 35.1 Å². The molecular formula is C23H24N6O. The number of benzene rings is 2. The number of hydrogen-bond acceptors (Lipinski definition) is 3. The van der Waals surface area contributed by atoms with Gasteiger partial charge in [-0.25, -0.2) is 4.68 Å². The zero-order valence-corrected chi connectivity index (χ0v) is 16.8. The Balaban J connectivity index is 1.41. The first kappa shape index (κ1) is 20.7. The van der Waals surface area contributed by atoms with E-state index < -0.39 is 0 Å². The normalized spacial score (nSPS) is 10.9. The van der Waals surface area contributed by atoms with E-state index >= 15 is 0 Å². The Hall–Kier alpha value is -4.05. The zero-order valence-electron chi connectivity index (χ0n) is 16.8. The van der Waals surface area contributed by atoms with Crippen molar-refractivity contribution in [3.63, 3.8) is 0 Å². The van der Waals surface area contributed by atoms with Gasteiger partial charge in [-0.1, -0.05) is 24.1 Å². The summed E-state index contributed by atoms with van der Waals surface area (Å²) >= 11 is 0. The number of guanidine groups is 1. The van der Waals surface area contributed by atoms with E-state index in [2.05, 4.69) is 44.1 Å². The topological polar surface area (TPSA) is 83.3 Å². The Morgan fingerprint density at radius 3 is 2.70 bits per heavy atom. The van der Waals surface area contributed by atoms with Crippen LogP contribution in [-0.2, 0) is 11.2 Å². The lowest BCUT2D eigenvalue weighted by Crippen LogP contribution is -2.42. The van der Waals surface area contributed by atoms with E-state index in [1.54, 1.807) is 31.4 Å². The lowest BCUT2D eigenvalue weighted by molar-refractivity contribution is -0.115. The first-order valence-electron chi connectivity index (χ1n) is 9.58. The minimum Gasteiger partial charge on any atom is -0.356 e. The maximum absolute atomic E-state index is 12.1. The van der Waals surface area contributed by atoms with Crippen molar-refractivity contribution in [2.75, 3.05) is 25.5 Å². The molecule has 0 unspecified atom stereocenters. The van der Waals surface area contributed by atoms with Gasteiger partial charge in [0.1, 0.15) is 0 Å². The summed E-state index contributed by atoms with van der Waals surface area (Å²) < 4.78 is 1.82. The SMILES string of the molecule is C#Cc1cccc(NC(=O)CNC(=NC)NCCc2ccc(-n3cccn3)cc2)c1. The third-order valence-electron chi connectivity index (χ3n) is 4.36. The smallest absolute Gasteiger partial charge is 0.243 e. The molecule has 3 rings (SSSR count). The summed E-state index contributed by atoms with van der Waals surface area (Å²) in [4.78, 5) is 16.3. The van der Waals surface area contributed by atoms with Crippen LogP contribution in [0.25, 0.3) is 5.69 Å². The second kappa shape index (κ2) is 10.5. The third-order valence-corrected chi connectivity index (χ3v) is 4.36. The second-order valence-corrected chi connectivity index (χ2v) is 6.49. The number of amides is 1. The first-order valence-corrected chi connectivity index (χ1v) is 9.58. The average Bonchev–Trinajstić information content (AvgIpc) is 3.31. The van der Waals surface area contributed by atoms with Gasteiger partial charge < -0.3 is 16.0 Å². The van der Waals surface area contributed by atoms with Crippen LogP contribution in [0.5, 0.6) is 0 Å². The van der Waals surface area contributed by atoms with E-state index in [4.69, 9.17) is 6.42 Å². The predicted octanol–water partition coefficient (Wildman–Crippen LogP) is 2.20. The molecule has 0 aliphatic heterocycles. The van der Waals surface area contributed by atoms with Gasteiger partial charge in [-0.2, -0.15) is 5.10 Å². The monoisotopic (exact) mass is 400 g/mol. The molecule has 1 amide bonds. The van der Waals surface area contributed by atoms with Crippen molar-refractivity contribution in [2.45, 2.75) is 6.42 Å². The molecule has 3 N–H and O–H groups in total. The van der Waals surface area contributed by atoms with Gasteiger partial charge in [-0.05, 0) is 48.4 Å². The van der Waals surface area contributed by atoms with E-state index in [9.17, 15) is 4.79 Å². The Kier molecular flexibility index (Phi) is 7.23. The maximum Gasteiger partial charge on any atom is 0.243 e. The number of rotatable bonds is 7. The zero-order chi connectivity index (χ0) is 21.2. The van der Waals surface area contributed by atoms with Gasteiger partial charge in [0.05, 0.1) is 12.2 Å². The molecule has 1 aromatic heterocycles. The molecule has 0 fully saturated rings. The van der Waals surface area contributed by atoms with Crippen LogP contribution in [0, 0.1) is 12.3 Å². The summed E-state index contributed by atoms with van der Waals surface area (Å²) in [7, 11) is 1.67. The van der Waals surface area contributed by atoms with Crippen LogP contribution in [0.15, 0.2) is 72.0 Å². The van der Waals surface area contributed by atoms with Gasteiger partial charge in [-0.3, -0.25) is 9.79 Å². The molecule has 0 saturated carbocycles. The minimum absolute atomic E-state index is 0.0958. The highest BCUT2D eigenvalue weighted by atomic mass is 16.1. The van der Waals surface area contributed by atoms with E-state index in [-0.39, 0.29) is 12.5 Å². The Labute approximate surface area is 176 Å². The lowest BCUT2D eigenvalue weighted by atomic mass is 10.1. The van der Waals surface area contributed by atoms with Gasteiger partial charge in [0.25, 0.3) is 0 Å². The van der Waals surface area contributed by atoms with Crippen LogP contribution >= 0.6 is 0 Å². The molecule has 0 spiro atoms. The summed E-state index contributed by atoms with van der Waals surface area (Å²) in [6, 6.07) is 17.3. The molecule has 0 aliphatic rings. The van der Waals surface area contributed by atoms with Crippen LogP contribution in [0.2, 0.25) is 0 Å². The third kappa shape index (κ3) is 5.97. The Morgan fingerprint density at radius 1 is 1.17 bits per heavy atom. The molecule has 2 aromatic carbocycles. The molecule has 0 saturated heterocycles. The van der Waals surface area contributed by atoms with Crippen LogP contribution in [0.4, 0.5) is 5.69 Å². The molecular weight excluding hydrogens is 376 g/mol. The molecule has 3 aromatic rings. The van der Waals surface area contributed by atoms with Gasteiger partial charge in [-0.15, -0.1) is 6.42 Å². The fourth-order valence-corrected chi connectivity index (χ4v) is 2.84. The molecule has 7 heteroatoms. The van der Waals surface area contributed by atoms with Crippen molar-refractivity contribution in [2.24, 2.45) is 4.99 Å². The summed E-state index contributed by atoms with van der Waals surface area (Å²) in [5, 5.41) is 13.2. The van der Waals surface area contributed by atoms with Crippen molar-refractivity contribution < 1.29 is 4.79 Å². The van der Waals surface area contributed by atoms with Crippen molar-refractivity contribution in [1.82, 2.24) is 20.4 Å². The molecule has 0 atom stereocenters. The van der Waals surface area contributed by atoms with Gasteiger partial charge >= 0.3 is 0 Å². The number of anilines is 1. The largest absolute Gasteiger partial charge is 0.356 e. The van der Waals surface area contributed by atoms with Crippen molar-refractivity contribution in [1.29, 1.82) is 0 Å². The molecule has 1 heterocycles. The highest BCUT2D eigenvalue weighted by Gasteiger charge is 2.05. The van der Waals surface area contributed by atoms with E-state index in [0.29, 0.717) is 18.2 Å². The molecule has 30 heavy (non-hydrogen) atoms. The minimum atomic E-state index is -0.179. The number of carbonyl (C=O) groups excluding carboxylic acids is 1. The van der Waals surface area contributed by atoms with Crippen molar-refractivity contribution in [3.05, 3.63) is 78.1 Å². The number of nitrogens with one attached hydrogen (secondary N) is 3. The fourth-order valence-electron chi connectivity index (χ4n) is 2.84. The van der Waals surface area contributed by atoms with Crippen molar-refractivity contribution in [3.8, 4) is 18.0 Å². The molecule has 0 radical (unpaired) electrons. The molecule has 0 aliphatic carbocycles. The summed E-state index contributed by atoms with van der Waals surface area (Å²) in [6.07, 6.45) is 9.87. The Bertz CT molecular complexity index is 1030. The number of terminal acetylenes is 1. The average molecular weight is 400 g/mol. The molecule has 7 nitrogen and oxygen atoms in total. The van der Waals surface area contributed by atoms with Crippen LogP contribution in [0.3, 0.4) is 0 Å². The number of carbonyl (C=O) groups is 1. The highest BCUT2D eigenvalue weighted by molar-refractivity contribution is 5.95.